The summed E-state index contributed by atoms with van der Waals surface area (Å²) in [5, 5.41) is 2.55. The zero-order valence-corrected chi connectivity index (χ0v) is 13.9. The molecule has 0 spiro atoms. The quantitative estimate of drug-likeness (QED) is 0.816. The van der Waals surface area contributed by atoms with Crippen LogP contribution in [0, 0.1) is 5.82 Å². The van der Waals surface area contributed by atoms with Gasteiger partial charge in [-0.05, 0) is 31.0 Å². The van der Waals surface area contributed by atoms with Gasteiger partial charge in [0.1, 0.15) is 10.1 Å². The number of hydrogen-bond donors (Lipinski definition) is 1. The van der Waals surface area contributed by atoms with Crippen molar-refractivity contribution in [3.63, 3.8) is 0 Å². The number of benzene rings is 1. The predicted octanol–water partition coefficient (Wildman–Crippen LogP) is 3.64. The summed E-state index contributed by atoms with van der Waals surface area (Å²) in [6.07, 6.45) is 2.30. The Balaban J connectivity index is 1.81. The van der Waals surface area contributed by atoms with E-state index in [1.54, 1.807) is 6.07 Å². The SMILES string of the molecule is O=C(CSC(=S)N1CCCC1)Nc1ccc(Br)cc1F. The lowest BCUT2D eigenvalue weighted by Crippen LogP contribution is -2.25. The third-order valence-corrected chi connectivity index (χ3v) is 4.91. The van der Waals surface area contributed by atoms with Crippen molar-refractivity contribution >= 4 is 55.8 Å². The van der Waals surface area contributed by atoms with E-state index in [2.05, 4.69) is 26.1 Å². The third kappa shape index (κ3) is 4.43. The summed E-state index contributed by atoms with van der Waals surface area (Å²) in [6, 6.07) is 4.53. The number of halogens is 2. The van der Waals surface area contributed by atoms with Crippen molar-refractivity contribution in [2.75, 3.05) is 24.2 Å². The van der Waals surface area contributed by atoms with Gasteiger partial charge < -0.3 is 10.2 Å². The number of rotatable bonds is 3. The molecule has 2 rings (SSSR count). The standard InChI is InChI=1S/C13H14BrFN2OS2/c14-9-3-4-11(10(15)7-9)16-12(18)8-20-13(19)17-5-1-2-6-17/h3-4,7H,1-2,5-6,8H2,(H,16,18). The van der Waals surface area contributed by atoms with Crippen LogP contribution < -0.4 is 5.32 Å². The third-order valence-electron chi connectivity index (χ3n) is 2.90. The van der Waals surface area contributed by atoms with Crippen molar-refractivity contribution < 1.29 is 9.18 Å². The minimum Gasteiger partial charge on any atom is -0.358 e. The van der Waals surface area contributed by atoms with Crippen LogP contribution in [-0.2, 0) is 4.79 Å². The fourth-order valence-corrected chi connectivity index (χ4v) is 3.28. The van der Waals surface area contributed by atoms with Crippen molar-refractivity contribution in [2.24, 2.45) is 0 Å². The summed E-state index contributed by atoms with van der Waals surface area (Å²) >= 11 is 9.76. The molecule has 1 aliphatic rings. The van der Waals surface area contributed by atoms with Crippen LogP contribution in [0.15, 0.2) is 22.7 Å². The maximum absolute atomic E-state index is 13.6. The highest BCUT2D eigenvalue weighted by molar-refractivity contribution is 9.10. The van der Waals surface area contributed by atoms with E-state index in [1.807, 2.05) is 0 Å². The first-order valence-electron chi connectivity index (χ1n) is 6.23. The molecule has 1 aromatic rings. The van der Waals surface area contributed by atoms with Crippen LogP contribution >= 0.6 is 39.9 Å². The van der Waals surface area contributed by atoms with E-state index >= 15 is 0 Å². The normalized spacial score (nSPS) is 14.4. The largest absolute Gasteiger partial charge is 0.358 e. The van der Waals surface area contributed by atoms with Crippen LogP contribution in [0.25, 0.3) is 0 Å². The minimum atomic E-state index is -0.458. The monoisotopic (exact) mass is 376 g/mol. The van der Waals surface area contributed by atoms with Crippen molar-refractivity contribution in [1.82, 2.24) is 4.90 Å². The van der Waals surface area contributed by atoms with Crippen molar-refractivity contribution in [3.8, 4) is 0 Å². The van der Waals surface area contributed by atoms with Gasteiger partial charge in [0.2, 0.25) is 5.91 Å². The maximum Gasteiger partial charge on any atom is 0.234 e. The van der Waals surface area contributed by atoms with Gasteiger partial charge in [0.05, 0.1) is 11.4 Å². The van der Waals surface area contributed by atoms with Gasteiger partial charge in [0, 0.05) is 17.6 Å². The van der Waals surface area contributed by atoms with Crippen molar-refractivity contribution in [3.05, 3.63) is 28.5 Å². The van der Waals surface area contributed by atoms with Crippen LogP contribution in [0.2, 0.25) is 0 Å². The Labute approximate surface area is 135 Å². The second-order valence-corrected chi connectivity index (χ2v) is 6.95. The summed E-state index contributed by atoms with van der Waals surface area (Å²) in [5.41, 5.74) is 0.186. The van der Waals surface area contributed by atoms with Crippen molar-refractivity contribution in [1.29, 1.82) is 0 Å². The van der Waals surface area contributed by atoms with E-state index in [0.29, 0.717) is 4.47 Å². The zero-order chi connectivity index (χ0) is 14.5. The maximum atomic E-state index is 13.6. The Morgan fingerprint density at radius 2 is 2.15 bits per heavy atom. The fraction of sp³-hybridized carbons (Fsp3) is 0.385. The Hall–Kier alpha value is -0.660. The van der Waals surface area contributed by atoms with Crippen LogP contribution in [0.4, 0.5) is 10.1 Å². The molecule has 0 unspecified atom stereocenters. The zero-order valence-electron chi connectivity index (χ0n) is 10.7. The van der Waals surface area contributed by atoms with Crippen molar-refractivity contribution in [2.45, 2.75) is 12.8 Å². The van der Waals surface area contributed by atoms with Crippen LogP contribution in [0.3, 0.4) is 0 Å². The topological polar surface area (TPSA) is 32.3 Å². The molecule has 0 radical (unpaired) electrons. The van der Waals surface area contributed by atoms with E-state index in [4.69, 9.17) is 12.2 Å². The molecule has 1 N–H and O–H groups in total. The number of thioether (sulfide) groups is 1. The van der Waals surface area contributed by atoms with Gasteiger partial charge in [-0.2, -0.15) is 0 Å². The van der Waals surface area contributed by atoms with E-state index in [0.717, 1.165) is 30.3 Å². The van der Waals surface area contributed by atoms with Crippen LogP contribution in [0.1, 0.15) is 12.8 Å². The summed E-state index contributed by atoms with van der Waals surface area (Å²) in [4.78, 5) is 13.9. The molecule has 7 heteroatoms. The number of nitrogens with one attached hydrogen (secondary N) is 1. The van der Waals surface area contributed by atoms with Gasteiger partial charge in [-0.3, -0.25) is 4.79 Å². The van der Waals surface area contributed by atoms with Crippen LogP contribution in [-0.4, -0.2) is 34.0 Å². The Morgan fingerprint density at radius 3 is 2.80 bits per heavy atom. The molecule has 0 aliphatic carbocycles. The summed E-state index contributed by atoms with van der Waals surface area (Å²) in [5.74, 6) is -0.511. The lowest BCUT2D eigenvalue weighted by molar-refractivity contribution is -0.113. The van der Waals surface area contributed by atoms with Crippen LogP contribution in [0.5, 0.6) is 0 Å². The number of carbonyl (C=O) groups excluding carboxylic acids is 1. The molecule has 108 valence electrons. The Bertz CT molecular complexity index is 521. The Kier molecular flexibility index (Phi) is 5.80. The predicted molar refractivity (Wildman–Crippen MR) is 88.6 cm³/mol. The first-order chi connectivity index (χ1) is 9.56. The molecule has 1 heterocycles. The molecular formula is C13H14BrFN2OS2. The molecule has 3 nitrogen and oxygen atoms in total. The molecular weight excluding hydrogens is 363 g/mol. The molecule has 1 fully saturated rings. The average molecular weight is 377 g/mol. The smallest absolute Gasteiger partial charge is 0.234 e. The highest BCUT2D eigenvalue weighted by Crippen LogP contribution is 2.20. The van der Waals surface area contributed by atoms with E-state index in [1.165, 1.54) is 23.9 Å². The van der Waals surface area contributed by atoms with Gasteiger partial charge in [0.15, 0.2) is 0 Å². The molecule has 0 bridgehead atoms. The Morgan fingerprint density at radius 1 is 1.45 bits per heavy atom. The fourth-order valence-electron chi connectivity index (χ4n) is 1.90. The average Bonchev–Trinajstić information content (AvgIpc) is 2.93. The second-order valence-electron chi connectivity index (χ2n) is 4.42. The molecule has 0 aromatic heterocycles. The minimum absolute atomic E-state index is 0.186. The molecule has 0 saturated carbocycles. The van der Waals surface area contributed by atoms with E-state index < -0.39 is 5.82 Å². The number of nitrogens with zero attached hydrogens (tertiary/aromatic N) is 1. The number of anilines is 1. The van der Waals surface area contributed by atoms with E-state index in [-0.39, 0.29) is 17.3 Å². The molecule has 1 aliphatic heterocycles. The number of amides is 1. The van der Waals surface area contributed by atoms with Gasteiger partial charge >= 0.3 is 0 Å². The number of hydrogen-bond acceptors (Lipinski definition) is 3. The molecule has 1 amide bonds. The van der Waals surface area contributed by atoms with Gasteiger partial charge in [0.25, 0.3) is 0 Å². The second kappa shape index (κ2) is 7.38. The molecule has 1 saturated heterocycles. The lowest BCUT2D eigenvalue weighted by Gasteiger charge is -2.17. The number of thiocarbonyl (C=S) groups is 1. The lowest BCUT2D eigenvalue weighted by atomic mass is 10.3. The summed E-state index contributed by atoms with van der Waals surface area (Å²) < 4.78 is 15.0. The first-order valence-corrected chi connectivity index (χ1v) is 8.41. The summed E-state index contributed by atoms with van der Waals surface area (Å²) in [7, 11) is 0. The first kappa shape index (κ1) is 15.7. The molecule has 1 aromatic carbocycles. The number of carbonyl (C=O) groups is 1. The summed E-state index contributed by atoms with van der Waals surface area (Å²) in [6.45, 7) is 1.93. The van der Waals surface area contributed by atoms with Gasteiger partial charge in [-0.25, -0.2) is 4.39 Å². The highest BCUT2D eigenvalue weighted by atomic mass is 79.9. The molecule has 0 atom stereocenters. The number of likely N-dealkylation sites (tertiary alicyclic amines) is 1. The van der Waals surface area contributed by atoms with Gasteiger partial charge in [-0.15, -0.1) is 0 Å². The van der Waals surface area contributed by atoms with Gasteiger partial charge in [-0.1, -0.05) is 39.9 Å². The van der Waals surface area contributed by atoms with E-state index in [9.17, 15) is 9.18 Å². The molecule has 20 heavy (non-hydrogen) atoms. The highest BCUT2D eigenvalue weighted by Gasteiger charge is 2.16.